The first-order valence-electron chi connectivity index (χ1n) is 24.7. The predicted molar refractivity (Wildman–Crippen MR) is 300 cm³/mol. The van der Waals surface area contributed by atoms with Crippen LogP contribution in [0.15, 0.2) is 267 Å². The first-order chi connectivity index (χ1) is 35.0. The Labute approximate surface area is 416 Å². The van der Waals surface area contributed by atoms with E-state index < -0.39 is 0 Å². The van der Waals surface area contributed by atoms with Crippen molar-refractivity contribution in [3.63, 3.8) is 0 Å². The van der Waals surface area contributed by atoms with Crippen LogP contribution in [0, 0.1) is 0 Å². The summed E-state index contributed by atoms with van der Waals surface area (Å²) in [5, 5.41) is 2.48. The molecule has 2 nitrogen and oxygen atoms in total. The molecule has 0 atom stereocenters. The summed E-state index contributed by atoms with van der Waals surface area (Å²) in [5.74, 6) is 0. The van der Waals surface area contributed by atoms with Gasteiger partial charge in [-0.05, 0) is 133 Å². The molecule has 1 heterocycles. The van der Waals surface area contributed by atoms with E-state index in [4.69, 9.17) is 0 Å². The summed E-state index contributed by atoms with van der Waals surface area (Å²) in [5.41, 5.74) is 24.1. The number of aromatic nitrogens is 1. The molecule has 0 unspecified atom stereocenters. The fourth-order valence-electron chi connectivity index (χ4n) is 11.3. The van der Waals surface area contributed by atoms with Crippen molar-refractivity contribution < 1.29 is 0 Å². The lowest BCUT2D eigenvalue weighted by Crippen LogP contribution is -2.16. The fraction of sp³-hybridized carbons (Fsp3) is 0.0435. The van der Waals surface area contributed by atoms with Gasteiger partial charge in [0.2, 0.25) is 0 Å². The molecule has 1 aliphatic rings. The van der Waals surface area contributed by atoms with Gasteiger partial charge >= 0.3 is 0 Å². The second kappa shape index (κ2) is 17.2. The summed E-state index contributed by atoms with van der Waals surface area (Å²) in [4.78, 5) is 2.42. The molecule has 2 heteroatoms. The number of benzene rings is 11. The van der Waals surface area contributed by atoms with Crippen LogP contribution in [0.5, 0.6) is 0 Å². The van der Waals surface area contributed by atoms with Gasteiger partial charge in [0, 0.05) is 44.5 Å². The molecule has 13 rings (SSSR count). The summed E-state index contributed by atoms with van der Waals surface area (Å²) in [6, 6.07) is 97.8. The van der Waals surface area contributed by atoms with Crippen LogP contribution in [-0.2, 0) is 5.41 Å². The molecular formula is C69H50N2. The third-order valence-corrected chi connectivity index (χ3v) is 14.8. The van der Waals surface area contributed by atoms with Gasteiger partial charge in [0.1, 0.15) is 0 Å². The summed E-state index contributed by atoms with van der Waals surface area (Å²) < 4.78 is 2.46. The number of para-hydroxylation sites is 1. The first kappa shape index (κ1) is 42.1. The molecule has 0 radical (unpaired) electrons. The van der Waals surface area contributed by atoms with Crippen molar-refractivity contribution in [3.05, 3.63) is 278 Å². The molecule has 0 aliphatic heterocycles. The minimum Gasteiger partial charge on any atom is -0.310 e. The quantitative estimate of drug-likeness (QED) is 0.140. The van der Waals surface area contributed by atoms with Crippen LogP contribution in [0.3, 0.4) is 0 Å². The summed E-state index contributed by atoms with van der Waals surface area (Å²) in [6.07, 6.45) is 0. The number of fused-ring (bicyclic) bond motifs is 6. The highest BCUT2D eigenvalue weighted by Gasteiger charge is 2.36. The van der Waals surface area contributed by atoms with Gasteiger partial charge < -0.3 is 9.47 Å². The van der Waals surface area contributed by atoms with Crippen LogP contribution in [0.4, 0.5) is 17.1 Å². The summed E-state index contributed by atoms with van der Waals surface area (Å²) >= 11 is 0. The van der Waals surface area contributed by atoms with Crippen LogP contribution >= 0.6 is 0 Å². The van der Waals surface area contributed by atoms with Crippen molar-refractivity contribution in [1.29, 1.82) is 0 Å². The van der Waals surface area contributed by atoms with Crippen molar-refractivity contribution in [2.24, 2.45) is 0 Å². The molecule has 0 N–H and O–H groups in total. The second-order valence-corrected chi connectivity index (χ2v) is 19.3. The molecule has 1 aromatic heterocycles. The number of hydrogen-bond donors (Lipinski definition) is 0. The van der Waals surface area contributed by atoms with E-state index in [0.29, 0.717) is 0 Å². The summed E-state index contributed by atoms with van der Waals surface area (Å²) in [6.45, 7) is 4.71. The Bertz CT molecular complexity index is 3910. The highest BCUT2D eigenvalue weighted by atomic mass is 15.1. The molecule has 1 aliphatic carbocycles. The molecular weight excluding hydrogens is 857 g/mol. The lowest BCUT2D eigenvalue weighted by molar-refractivity contribution is 0.660. The smallest absolute Gasteiger partial charge is 0.0625 e. The van der Waals surface area contributed by atoms with E-state index in [1.165, 1.54) is 94.1 Å². The standard InChI is InChI=1S/C69H50N2/c1-69(2)64-29-16-15-28-61(64)62-40-39-58(46-65(62)69)70(56-37-34-48(35-38-56)47-18-7-3-8-19-47)57-27-17-24-53(44-57)49-30-32-50(33-31-49)54-36-43-66-63(45-54)67-59(51-20-9-4-10-21-51)41-42-60(52-22-11-5-12-23-52)68(67)71(66)55-25-13-6-14-26-55/h3-46H,1-2H3. The molecule has 12 aromatic rings. The Balaban J connectivity index is 0.911. The van der Waals surface area contributed by atoms with Gasteiger partial charge in [-0.25, -0.2) is 0 Å². The third-order valence-electron chi connectivity index (χ3n) is 14.8. The maximum absolute atomic E-state index is 2.46. The average molecular weight is 907 g/mol. The zero-order valence-electron chi connectivity index (χ0n) is 39.8. The van der Waals surface area contributed by atoms with Crippen LogP contribution in [0.2, 0.25) is 0 Å². The van der Waals surface area contributed by atoms with E-state index in [0.717, 1.165) is 28.3 Å². The van der Waals surface area contributed by atoms with E-state index in [-0.39, 0.29) is 5.41 Å². The summed E-state index contributed by atoms with van der Waals surface area (Å²) in [7, 11) is 0. The molecule has 336 valence electrons. The molecule has 0 spiro atoms. The van der Waals surface area contributed by atoms with Crippen molar-refractivity contribution in [1.82, 2.24) is 4.57 Å². The van der Waals surface area contributed by atoms with Crippen LogP contribution in [0.1, 0.15) is 25.0 Å². The largest absolute Gasteiger partial charge is 0.310 e. The Morgan fingerprint density at radius 1 is 0.310 bits per heavy atom. The zero-order valence-corrected chi connectivity index (χ0v) is 39.8. The van der Waals surface area contributed by atoms with Crippen molar-refractivity contribution in [3.8, 4) is 72.4 Å². The zero-order chi connectivity index (χ0) is 47.5. The van der Waals surface area contributed by atoms with Gasteiger partial charge in [-0.2, -0.15) is 0 Å². The van der Waals surface area contributed by atoms with Crippen molar-refractivity contribution in [2.45, 2.75) is 19.3 Å². The van der Waals surface area contributed by atoms with E-state index in [1.54, 1.807) is 0 Å². The van der Waals surface area contributed by atoms with Gasteiger partial charge in [-0.1, -0.05) is 220 Å². The van der Waals surface area contributed by atoms with Gasteiger partial charge in [-0.15, -0.1) is 0 Å². The minimum atomic E-state index is -0.118. The Morgan fingerprint density at radius 3 is 1.46 bits per heavy atom. The second-order valence-electron chi connectivity index (χ2n) is 19.3. The Kier molecular flexibility index (Phi) is 10.2. The number of rotatable bonds is 9. The Hall–Kier alpha value is -8.98. The lowest BCUT2D eigenvalue weighted by atomic mass is 9.82. The van der Waals surface area contributed by atoms with Gasteiger partial charge in [0.15, 0.2) is 0 Å². The lowest BCUT2D eigenvalue weighted by Gasteiger charge is -2.28. The molecule has 0 saturated carbocycles. The van der Waals surface area contributed by atoms with Gasteiger partial charge in [0.25, 0.3) is 0 Å². The van der Waals surface area contributed by atoms with Gasteiger partial charge in [0.05, 0.1) is 11.0 Å². The first-order valence-corrected chi connectivity index (χ1v) is 24.7. The maximum atomic E-state index is 2.46. The maximum Gasteiger partial charge on any atom is 0.0625 e. The highest BCUT2D eigenvalue weighted by molar-refractivity contribution is 6.20. The van der Waals surface area contributed by atoms with Gasteiger partial charge in [-0.3, -0.25) is 0 Å². The SMILES string of the molecule is CC1(C)c2ccccc2-c2ccc(N(c3ccc(-c4ccccc4)cc3)c3cccc(-c4ccc(-c5ccc6c(c5)c5c(-c7ccccc7)ccc(-c7ccccc7)c5n6-c5ccccc5)cc4)c3)cc21. The van der Waals surface area contributed by atoms with Crippen molar-refractivity contribution in [2.75, 3.05) is 4.90 Å². The molecule has 71 heavy (non-hydrogen) atoms. The topological polar surface area (TPSA) is 8.17 Å². The third kappa shape index (κ3) is 7.27. The predicted octanol–water partition coefficient (Wildman–Crippen LogP) is 18.9. The Morgan fingerprint density at radius 2 is 0.775 bits per heavy atom. The molecule has 0 amide bonds. The van der Waals surface area contributed by atoms with E-state index in [1.807, 2.05) is 0 Å². The van der Waals surface area contributed by atoms with Crippen LogP contribution < -0.4 is 4.90 Å². The molecule has 11 aromatic carbocycles. The van der Waals surface area contributed by atoms with Crippen molar-refractivity contribution >= 4 is 38.9 Å². The minimum absolute atomic E-state index is 0.118. The molecule has 0 saturated heterocycles. The highest BCUT2D eigenvalue weighted by Crippen LogP contribution is 2.51. The van der Waals surface area contributed by atoms with Crippen LogP contribution in [-0.4, -0.2) is 4.57 Å². The molecule has 0 fully saturated rings. The van der Waals surface area contributed by atoms with Crippen LogP contribution in [0.25, 0.3) is 94.3 Å². The monoisotopic (exact) mass is 906 g/mol. The average Bonchev–Trinajstić information content (AvgIpc) is 3.90. The fourth-order valence-corrected chi connectivity index (χ4v) is 11.3. The van der Waals surface area contributed by atoms with E-state index >= 15 is 0 Å². The van der Waals surface area contributed by atoms with E-state index in [9.17, 15) is 0 Å². The number of nitrogens with zero attached hydrogens (tertiary/aromatic N) is 2. The van der Waals surface area contributed by atoms with E-state index in [2.05, 4.69) is 290 Å². The number of anilines is 3. The number of hydrogen-bond acceptors (Lipinski definition) is 1. The normalized spacial score (nSPS) is 12.5. The molecule has 0 bridgehead atoms.